The first kappa shape index (κ1) is 25.8. The summed E-state index contributed by atoms with van der Waals surface area (Å²) in [6, 6.07) is 18.5. The fourth-order valence-electron chi connectivity index (χ4n) is 4.59. The average Bonchev–Trinajstić information content (AvgIpc) is 3.40. The van der Waals surface area contributed by atoms with Crippen LogP contribution in [0.3, 0.4) is 0 Å². The Morgan fingerprint density at radius 1 is 1.11 bits per heavy atom. The SMILES string of the molecule is CCOC(=O)N1CCC(c2nc(-c3ccc(F)cc3)c(-c3ccnc(N[C@@H](C)c4ccccc4)n3)s2)CC1. The molecule has 1 aliphatic rings. The van der Waals surface area contributed by atoms with Crippen LogP contribution in [0.2, 0.25) is 0 Å². The smallest absolute Gasteiger partial charge is 0.409 e. The first-order valence-corrected chi connectivity index (χ1v) is 13.7. The maximum Gasteiger partial charge on any atom is 0.409 e. The third kappa shape index (κ3) is 5.83. The molecule has 38 heavy (non-hydrogen) atoms. The molecular formula is C29H30FN5O2S. The summed E-state index contributed by atoms with van der Waals surface area (Å²) in [4.78, 5) is 29.1. The predicted molar refractivity (Wildman–Crippen MR) is 148 cm³/mol. The van der Waals surface area contributed by atoms with Crippen LogP contribution in [0.25, 0.3) is 21.8 Å². The summed E-state index contributed by atoms with van der Waals surface area (Å²) < 4.78 is 18.9. The van der Waals surface area contributed by atoms with Gasteiger partial charge in [0, 0.05) is 30.8 Å². The van der Waals surface area contributed by atoms with E-state index in [1.807, 2.05) is 31.2 Å². The number of carbonyl (C=O) groups excluding carboxylic acids is 1. The van der Waals surface area contributed by atoms with Crippen LogP contribution in [0.5, 0.6) is 0 Å². The van der Waals surface area contributed by atoms with Gasteiger partial charge in [0.15, 0.2) is 0 Å². The van der Waals surface area contributed by atoms with Crippen molar-refractivity contribution in [3.63, 3.8) is 0 Å². The number of anilines is 1. The normalized spacial score (nSPS) is 14.8. The molecular weight excluding hydrogens is 501 g/mol. The van der Waals surface area contributed by atoms with Crippen LogP contribution in [-0.4, -0.2) is 45.6 Å². The number of hydrogen-bond donors (Lipinski definition) is 1. The molecule has 1 amide bonds. The van der Waals surface area contributed by atoms with Gasteiger partial charge in [0.05, 0.1) is 33.9 Å². The van der Waals surface area contributed by atoms with E-state index in [4.69, 9.17) is 14.7 Å². The monoisotopic (exact) mass is 531 g/mol. The minimum absolute atomic E-state index is 0.0321. The van der Waals surface area contributed by atoms with E-state index in [0.717, 1.165) is 45.2 Å². The number of likely N-dealkylation sites (tertiary alicyclic amines) is 1. The summed E-state index contributed by atoms with van der Waals surface area (Å²) in [6.45, 7) is 5.51. The van der Waals surface area contributed by atoms with Crippen molar-refractivity contribution >= 4 is 23.4 Å². The molecule has 2 aromatic heterocycles. The zero-order valence-corrected chi connectivity index (χ0v) is 22.2. The largest absolute Gasteiger partial charge is 0.450 e. The van der Waals surface area contributed by atoms with E-state index in [1.165, 1.54) is 12.1 Å². The van der Waals surface area contributed by atoms with E-state index in [1.54, 1.807) is 34.6 Å². The molecule has 7 nitrogen and oxygen atoms in total. The minimum Gasteiger partial charge on any atom is -0.450 e. The molecule has 1 saturated heterocycles. The number of hydrogen-bond acceptors (Lipinski definition) is 7. The molecule has 1 fully saturated rings. The second kappa shape index (κ2) is 11.7. The Morgan fingerprint density at radius 2 is 1.84 bits per heavy atom. The number of rotatable bonds is 7. The highest BCUT2D eigenvalue weighted by Gasteiger charge is 2.28. The molecule has 4 aromatic rings. The van der Waals surface area contributed by atoms with Crippen LogP contribution in [0.1, 0.15) is 49.2 Å². The van der Waals surface area contributed by atoms with Gasteiger partial charge in [-0.1, -0.05) is 30.3 Å². The van der Waals surface area contributed by atoms with E-state index in [9.17, 15) is 9.18 Å². The maximum absolute atomic E-state index is 13.7. The van der Waals surface area contributed by atoms with Crippen LogP contribution >= 0.6 is 11.3 Å². The van der Waals surface area contributed by atoms with E-state index >= 15 is 0 Å². The number of aromatic nitrogens is 3. The van der Waals surface area contributed by atoms with Gasteiger partial charge in [-0.15, -0.1) is 11.3 Å². The second-order valence-corrected chi connectivity index (χ2v) is 10.3. The Bertz CT molecular complexity index is 1370. The number of halogens is 1. The van der Waals surface area contributed by atoms with E-state index < -0.39 is 0 Å². The van der Waals surface area contributed by atoms with Crippen molar-refractivity contribution in [2.45, 2.75) is 38.6 Å². The lowest BCUT2D eigenvalue weighted by Gasteiger charge is -2.30. The highest BCUT2D eigenvalue weighted by molar-refractivity contribution is 7.15. The van der Waals surface area contributed by atoms with Crippen molar-refractivity contribution in [1.29, 1.82) is 0 Å². The maximum atomic E-state index is 13.7. The summed E-state index contributed by atoms with van der Waals surface area (Å²) in [5.41, 5.74) is 3.51. The molecule has 9 heteroatoms. The fraction of sp³-hybridized carbons (Fsp3) is 0.310. The molecule has 196 valence electrons. The highest BCUT2D eigenvalue weighted by Crippen LogP contribution is 2.41. The summed E-state index contributed by atoms with van der Waals surface area (Å²) in [5.74, 6) is 0.457. The van der Waals surface area contributed by atoms with Gasteiger partial charge in [0.2, 0.25) is 5.95 Å². The average molecular weight is 532 g/mol. The summed E-state index contributed by atoms with van der Waals surface area (Å²) in [7, 11) is 0. The Kier molecular flexibility index (Phi) is 7.93. The summed E-state index contributed by atoms with van der Waals surface area (Å²) in [5, 5.41) is 4.39. The Morgan fingerprint density at radius 3 is 2.55 bits per heavy atom. The topological polar surface area (TPSA) is 80.2 Å². The molecule has 0 radical (unpaired) electrons. The molecule has 0 bridgehead atoms. The van der Waals surface area contributed by atoms with Crippen molar-refractivity contribution in [3.8, 4) is 21.8 Å². The molecule has 2 aromatic carbocycles. The lowest BCUT2D eigenvalue weighted by molar-refractivity contribution is 0.0970. The standard InChI is InChI=1S/C29H30FN5O2S/c1-3-37-29(36)35-17-14-22(15-18-35)27-34-25(21-9-11-23(30)12-10-21)26(38-27)24-13-16-31-28(33-24)32-19(2)20-7-5-4-6-8-20/h4-13,16,19,22H,3,14-15,17-18H2,1-2H3,(H,31,32,33)/t19-/m0/s1. The minimum atomic E-state index is -0.291. The van der Waals surface area contributed by atoms with Crippen molar-refractivity contribution < 1.29 is 13.9 Å². The number of benzene rings is 2. The molecule has 1 aliphatic heterocycles. The highest BCUT2D eigenvalue weighted by atomic mass is 32.1. The molecule has 0 unspecified atom stereocenters. The zero-order valence-electron chi connectivity index (χ0n) is 21.4. The van der Waals surface area contributed by atoms with Crippen LogP contribution < -0.4 is 5.32 Å². The number of amides is 1. The van der Waals surface area contributed by atoms with Crippen LogP contribution in [0.15, 0.2) is 66.9 Å². The van der Waals surface area contributed by atoms with E-state index in [2.05, 4.69) is 29.4 Å². The predicted octanol–water partition coefficient (Wildman–Crippen LogP) is 6.92. The van der Waals surface area contributed by atoms with Crippen molar-refractivity contribution in [1.82, 2.24) is 19.9 Å². The van der Waals surface area contributed by atoms with Gasteiger partial charge in [-0.3, -0.25) is 0 Å². The van der Waals surface area contributed by atoms with Crippen LogP contribution in [0.4, 0.5) is 15.1 Å². The van der Waals surface area contributed by atoms with E-state index in [0.29, 0.717) is 25.6 Å². The van der Waals surface area contributed by atoms with Crippen LogP contribution in [0, 0.1) is 5.82 Å². The van der Waals surface area contributed by atoms with Crippen LogP contribution in [-0.2, 0) is 4.74 Å². The third-order valence-corrected chi connectivity index (χ3v) is 7.91. The fourth-order valence-corrected chi connectivity index (χ4v) is 5.81. The van der Waals surface area contributed by atoms with Gasteiger partial charge in [-0.25, -0.2) is 24.1 Å². The molecule has 0 aliphatic carbocycles. The zero-order chi connectivity index (χ0) is 26.5. The Hall–Kier alpha value is -3.85. The molecule has 1 N–H and O–H groups in total. The van der Waals surface area contributed by atoms with Crippen molar-refractivity contribution in [3.05, 3.63) is 83.2 Å². The number of piperidine rings is 1. The summed E-state index contributed by atoms with van der Waals surface area (Å²) >= 11 is 1.60. The number of carbonyl (C=O) groups is 1. The van der Waals surface area contributed by atoms with Crippen molar-refractivity contribution in [2.75, 3.05) is 25.0 Å². The molecule has 0 spiro atoms. The number of nitrogens with zero attached hydrogens (tertiary/aromatic N) is 4. The van der Waals surface area contributed by atoms with E-state index in [-0.39, 0.29) is 23.9 Å². The Labute approximate surface area is 225 Å². The molecule has 3 heterocycles. The van der Waals surface area contributed by atoms with Gasteiger partial charge in [0.1, 0.15) is 5.82 Å². The number of ether oxygens (including phenoxy) is 1. The van der Waals surface area contributed by atoms with Gasteiger partial charge in [-0.2, -0.15) is 0 Å². The quantitative estimate of drug-likeness (QED) is 0.279. The number of thiazole rings is 1. The van der Waals surface area contributed by atoms with Gasteiger partial charge < -0.3 is 15.0 Å². The van der Waals surface area contributed by atoms with Crippen molar-refractivity contribution in [2.24, 2.45) is 0 Å². The first-order chi connectivity index (χ1) is 18.5. The molecule has 5 rings (SSSR count). The summed E-state index contributed by atoms with van der Waals surface area (Å²) in [6.07, 6.45) is 3.09. The molecule has 0 saturated carbocycles. The Balaban J connectivity index is 1.43. The lowest BCUT2D eigenvalue weighted by Crippen LogP contribution is -2.38. The number of nitrogens with one attached hydrogen (secondary N) is 1. The van der Waals surface area contributed by atoms with Gasteiger partial charge in [-0.05, 0) is 62.6 Å². The van der Waals surface area contributed by atoms with Gasteiger partial charge in [0.25, 0.3) is 0 Å². The van der Waals surface area contributed by atoms with Gasteiger partial charge >= 0.3 is 6.09 Å². The molecule has 1 atom stereocenters. The second-order valence-electron chi connectivity index (χ2n) is 9.24. The third-order valence-electron chi connectivity index (χ3n) is 6.66. The first-order valence-electron chi connectivity index (χ1n) is 12.8. The lowest BCUT2D eigenvalue weighted by atomic mass is 9.98.